The van der Waals surface area contributed by atoms with Crippen molar-refractivity contribution in [3.63, 3.8) is 0 Å². The molecule has 0 saturated heterocycles. The summed E-state index contributed by atoms with van der Waals surface area (Å²) in [6, 6.07) is 13.2. The van der Waals surface area contributed by atoms with E-state index in [0.29, 0.717) is 25.1 Å². The van der Waals surface area contributed by atoms with E-state index in [9.17, 15) is 9.59 Å². The van der Waals surface area contributed by atoms with Gasteiger partial charge >= 0.3 is 0 Å². The first-order valence-corrected chi connectivity index (χ1v) is 7.82. The molecular weight excluding hydrogens is 288 g/mol. The number of carbonyl (C=O) groups is 2. The van der Waals surface area contributed by atoms with Crippen molar-refractivity contribution in [1.82, 2.24) is 9.88 Å². The lowest BCUT2D eigenvalue weighted by molar-refractivity contribution is -0.125. The van der Waals surface area contributed by atoms with Crippen molar-refractivity contribution in [2.45, 2.75) is 18.9 Å². The average Bonchev–Trinajstić information content (AvgIpc) is 3.16. The molecule has 0 aliphatic carbocycles. The van der Waals surface area contributed by atoms with Crippen molar-refractivity contribution in [1.29, 1.82) is 0 Å². The van der Waals surface area contributed by atoms with Gasteiger partial charge in [-0.3, -0.25) is 9.59 Å². The first kappa shape index (κ1) is 15.3. The number of nitrogens with zero attached hydrogens (tertiary/aromatic N) is 1. The number of nitrogens with one attached hydrogen (secondary N) is 1. The average molecular weight is 308 g/mol. The fraction of sp³-hybridized carbons (Fsp3) is 0.263. The van der Waals surface area contributed by atoms with Gasteiger partial charge in [-0.15, -0.1) is 6.58 Å². The summed E-state index contributed by atoms with van der Waals surface area (Å²) in [5.74, 6) is -0.229. The molecule has 1 N–H and O–H groups in total. The molecule has 23 heavy (non-hydrogen) atoms. The molecule has 1 aromatic carbocycles. The van der Waals surface area contributed by atoms with Crippen LogP contribution in [0.15, 0.2) is 61.3 Å². The second-order valence-corrected chi connectivity index (χ2v) is 5.83. The Kier molecular flexibility index (Phi) is 4.42. The highest BCUT2D eigenvalue weighted by molar-refractivity contribution is 5.97. The lowest BCUT2D eigenvalue weighted by Gasteiger charge is -2.18. The highest BCUT2D eigenvalue weighted by Gasteiger charge is 2.38. The van der Waals surface area contributed by atoms with Crippen LogP contribution in [0.3, 0.4) is 0 Å². The monoisotopic (exact) mass is 308 g/mol. The number of fused-ring (bicyclic) bond motifs is 1. The van der Waals surface area contributed by atoms with E-state index in [1.165, 1.54) is 0 Å². The number of rotatable bonds is 6. The molecule has 4 nitrogen and oxygen atoms in total. The van der Waals surface area contributed by atoms with Crippen LogP contribution in [-0.4, -0.2) is 22.8 Å². The van der Waals surface area contributed by atoms with Gasteiger partial charge in [0.1, 0.15) is 0 Å². The number of aromatic nitrogens is 1. The Labute approximate surface area is 135 Å². The quantitative estimate of drug-likeness (QED) is 0.659. The molecule has 0 radical (unpaired) electrons. The Morgan fingerprint density at radius 2 is 2.00 bits per heavy atom. The molecule has 1 aliphatic rings. The lowest BCUT2D eigenvalue weighted by Crippen LogP contribution is -2.34. The van der Waals surface area contributed by atoms with Crippen LogP contribution in [0.25, 0.3) is 0 Å². The van der Waals surface area contributed by atoms with Crippen LogP contribution in [0.2, 0.25) is 0 Å². The van der Waals surface area contributed by atoms with Crippen LogP contribution in [-0.2, 0) is 11.3 Å². The summed E-state index contributed by atoms with van der Waals surface area (Å²) < 4.78 is 2.07. The standard InChI is InChI=1S/C19H20N2O2/c1-2-10-20-19(23)16-13-21-11-6-9-17(21)15(16)12-18(22)14-7-4-3-5-8-14/h2-9,11,15-16H,1,10,12-13H2,(H,20,23)/t15-,16-/m0/s1. The van der Waals surface area contributed by atoms with Gasteiger partial charge in [0.25, 0.3) is 0 Å². The van der Waals surface area contributed by atoms with Gasteiger partial charge in [-0.25, -0.2) is 0 Å². The van der Waals surface area contributed by atoms with Crippen LogP contribution >= 0.6 is 0 Å². The molecular formula is C19H20N2O2. The van der Waals surface area contributed by atoms with Crippen molar-refractivity contribution < 1.29 is 9.59 Å². The summed E-state index contributed by atoms with van der Waals surface area (Å²) in [7, 11) is 0. The molecule has 0 bridgehead atoms. The molecule has 4 heteroatoms. The van der Waals surface area contributed by atoms with E-state index >= 15 is 0 Å². The Morgan fingerprint density at radius 3 is 2.74 bits per heavy atom. The maximum Gasteiger partial charge on any atom is 0.225 e. The van der Waals surface area contributed by atoms with Crippen molar-refractivity contribution in [3.05, 3.63) is 72.6 Å². The minimum atomic E-state index is -0.209. The topological polar surface area (TPSA) is 51.1 Å². The number of ketones is 1. The van der Waals surface area contributed by atoms with Crippen LogP contribution in [0.4, 0.5) is 0 Å². The van der Waals surface area contributed by atoms with Gasteiger partial charge < -0.3 is 9.88 Å². The van der Waals surface area contributed by atoms with Crippen molar-refractivity contribution in [2.24, 2.45) is 5.92 Å². The van der Waals surface area contributed by atoms with Gasteiger partial charge in [0.2, 0.25) is 5.91 Å². The minimum Gasteiger partial charge on any atom is -0.352 e. The second-order valence-electron chi connectivity index (χ2n) is 5.83. The van der Waals surface area contributed by atoms with E-state index in [1.54, 1.807) is 6.08 Å². The zero-order chi connectivity index (χ0) is 16.2. The van der Waals surface area contributed by atoms with Gasteiger partial charge in [-0.2, -0.15) is 0 Å². The van der Waals surface area contributed by atoms with Crippen LogP contribution in [0.1, 0.15) is 28.4 Å². The molecule has 0 saturated carbocycles. The van der Waals surface area contributed by atoms with E-state index in [4.69, 9.17) is 0 Å². The highest BCUT2D eigenvalue weighted by Crippen LogP contribution is 2.37. The number of hydrogen-bond donors (Lipinski definition) is 1. The maximum absolute atomic E-state index is 12.6. The molecule has 2 atom stereocenters. The fourth-order valence-corrected chi connectivity index (χ4v) is 3.23. The van der Waals surface area contributed by atoms with Crippen molar-refractivity contribution in [2.75, 3.05) is 6.54 Å². The largest absolute Gasteiger partial charge is 0.352 e. The highest BCUT2D eigenvalue weighted by atomic mass is 16.2. The van der Waals surface area contributed by atoms with E-state index in [0.717, 1.165) is 5.69 Å². The zero-order valence-corrected chi connectivity index (χ0v) is 12.9. The van der Waals surface area contributed by atoms with Gasteiger partial charge in [-0.1, -0.05) is 36.4 Å². The summed E-state index contributed by atoms with van der Waals surface area (Å²) in [5.41, 5.74) is 1.76. The van der Waals surface area contributed by atoms with Gasteiger partial charge in [0, 0.05) is 42.9 Å². The molecule has 2 aromatic rings. The molecule has 1 aromatic heterocycles. The fourth-order valence-electron chi connectivity index (χ4n) is 3.23. The number of hydrogen-bond acceptors (Lipinski definition) is 2. The molecule has 118 valence electrons. The Hall–Kier alpha value is -2.62. The first-order valence-electron chi connectivity index (χ1n) is 7.82. The third-order valence-electron chi connectivity index (χ3n) is 4.38. The van der Waals surface area contributed by atoms with E-state index in [1.807, 2.05) is 48.7 Å². The Bertz CT molecular complexity index is 718. The normalized spacial score (nSPS) is 19.1. The van der Waals surface area contributed by atoms with Crippen LogP contribution in [0, 0.1) is 5.92 Å². The van der Waals surface area contributed by atoms with Gasteiger partial charge in [0.05, 0.1) is 5.92 Å². The summed E-state index contributed by atoms with van der Waals surface area (Å²) in [6.45, 7) is 4.69. The molecule has 0 spiro atoms. The third kappa shape index (κ3) is 3.11. The number of Topliss-reactive ketones (excluding diaryl/α,β-unsaturated/α-hetero) is 1. The minimum absolute atomic E-state index is 0.0144. The number of carbonyl (C=O) groups excluding carboxylic acids is 2. The predicted molar refractivity (Wildman–Crippen MR) is 89.3 cm³/mol. The third-order valence-corrected chi connectivity index (χ3v) is 4.38. The molecule has 1 amide bonds. The van der Waals surface area contributed by atoms with Crippen LogP contribution < -0.4 is 5.32 Å². The number of amides is 1. The van der Waals surface area contributed by atoms with E-state index in [-0.39, 0.29) is 23.5 Å². The first-order chi connectivity index (χ1) is 11.2. The summed E-state index contributed by atoms with van der Waals surface area (Å²) >= 11 is 0. The predicted octanol–water partition coefficient (Wildman–Crippen LogP) is 2.78. The second kappa shape index (κ2) is 6.65. The molecule has 0 unspecified atom stereocenters. The lowest BCUT2D eigenvalue weighted by atomic mass is 9.86. The maximum atomic E-state index is 12.6. The summed E-state index contributed by atoms with van der Waals surface area (Å²) in [5, 5.41) is 2.86. The smallest absolute Gasteiger partial charge is 0.225 e. The van der Waals surface area contributed by atoms with Crippen molar-refractivity contribution >= 4 is 11.7 Å². The van der Waals surface area contributed by atoms with Crippen molar-refractivity contribution in [3.8, 4) is 0 Å². The molecule has 2 heterocycles. The summed E-state index contributed by atoms with van der Waals surface area (Å²) in [6.07, 6.45) is 3.98. The summed E-state index contributed by atoms with van der Waals surface area (Å²) in [4.78, 5) is 25.0. The molecule has 3 rings (SSSR count). The van der Waals surface area contributed by atoms with Gasteiger partial charge in [0.15, 0.2) is 5.78 Å². The Morgan fingerprint density at radius 1 is 1.22 bits per heavy atom. The SMILES string of the molecule is C=CCNC(=O)[C@H]1Cn2cccc2[C@H]1CC(=O)c1ccccc1. The zero-order valence-electron chi connectivity index (χ0n) is 12.9. The molecule has 1 aliphatic heterocycles. The van der Waals surface area contributed by atoms with E-state index in [2.05, 4.69) is 16.5 Å². The Balaban J connectivity index is 1.80. The number of benzene rings is 1. The van der Waals surface area contributed by atoms with Crippen LogP contribution in [0.5, 0.6) is 0 Å². The van der Waals surface area contributed by atoms with Gasteiger partial charge in [-0.05, 0) is 12.1 Å². The molecule has 0 fully saturated rings. The van der Waals surface area contributed by atoms with E-state index < -0.39 is 0 Å².